The van der Waals surface area contributed by atoms with Gasteiger partial charge in [0.05, 0.1) is 6.42 Å². The van der Waals surface area contributed by atoms with E-state index < -0.39 is 18.6 Å². The van der Waals surface area contributed by atoms with E-state index in [1.54, 1.807) is 18.2 Å². The maximum atomic E-state index is 12.3. The Balaban J connectivity index is 0.00000200. The van der Waals surface area contributed by atoms with Gasteiger partial charge in [-0.15, -0.1) is 12.4 Å². The van der Waals surface area contributed by atoms with E-state index in [0.717, 1.165) is 11.1 Å². The smallest absolute Gasteiger partial charge is 0.324 e. The van der Waals surface area contributed by atoms with E-state index in [1.165, 1.54) is 0 Å². The van der Waals surface area contributed by atoms with Crippen LogP contribution in [0.3, 0.4) is 0 Å². The van der Waals surface area contributed by atoms with Crippen LogP contribution in [0.2, 0.25) is 0 Å². The van der Waals surface area contributed by atoms with Crippen LogP contribution in [0.25, 0.3) is 11.1 Å². The number of nitrogens with two attached hydrogens (primary N) is 1. The van der Waals surface area contributed by atoms with Crippen LogP contribution in [-0.4, -0.2) is 6.18 Å². The molecule has 0 aliphatic rings. The summed E-state index contributed by atoms with van der Waals surface area (Å²) in [6, 6.07) is 15.4. The number of halogens is 4. The summed E-state index contributed by atoms with van der Waals surface area (Å²) >= 11 is 0. The topological polar surface area (TPSA) is 26.0 Å². The fraction of sp³-hybridized carbons (Fsp3) is 0.200. The molecule has 1 atom stereocenters. The lowest BCUT2D eigenvalue weighted by atomic mass is 9.98. The summed E-state index contributed by atoms with van der Waals surface area (Å²) in [7, 11) is 0. The Morgan fingerprint density at radius 3 is 2.10 bits per heavy atom. The SMILES string of the molecule is Cl.N[C@@H](CC(F)(F)F)c1cccc(-c2ccccc2)c1. The third kappa shape index (κ3) is 4.54. The highest BCUT2D eigenvalue weighted by Crippen LogP contribution is 2.29. The molecule has 5 heteroatoms. The van der Waals surface area contributed by atoms with Gasteiger partial charge in [-0.05, 0) is 22.8 Å². The highest BCUT2D eigenvalue weighted by molar-refractivity contribution is 5.85. The second-order valence-electron chi connectivity index (χ2n) is 4.42. The van der Waals surface area contributed by atoms with Crippen molar-refractivity contribution in [3.05, 3.63) is 60.2 Å². The van der Waals surface area contributed by atoms with Gasteiger partial charge in [-0.3, -0.25) is 0 Å². The summed E-state index contributed by atoms with van der Waals surface area (Å²) in [5, 5.41) is 0. The summed E-state index contributed by atoms with van der Waals surface area (Å²) in [5.74, 6) is 0. The Labute approximate surface area is 122 Å². The Hall–Kier alpha value is -1.52. The Kier molecular flexibility index (Phi) is 5.60. The molecule has 2 N–H and O–H groups in total. The van der Waals surface area contributed by atoms with Crippen LogP contribution in [0.4, 0.5) is 13.2 Å². The number of hydrogen-bond donors (Lipinski definition) is 1. The number of rotatable bonds is 3. The van der Waals surface area contributed by atoms with Gasteiger partial charge in [-0.1, -0.05) is 48.5 Å². The van der Waals surface area contributed by atoms with E-state index in [0.29, 0.717) is 5.56 Å². The van der Waals surface area contributed by atoms with Gasteiger partial charge in [0.2, 0.25) is 0 Å². The quantitative estimate of drug-likeness (QED) is 0.871. The maximum Gasteiger partial charge on any atom is 0.390 e. The normalized spacial score (nSPS) is 12.6. The molecule has 0 bridgehead atoms. The third-order valence-corrected chi connectivity index (χ3v) is 2.87. The first-order chi connectivity index (χ1) is 8.96. The summed E-state index contributed by atoms with van der Waals surface area (Å²) in [5.41, 5.74) is 7.94. The first kappa shape index (κ1) is 16.5. The summed E-state index contributed by atoms with van der Waals surface area (Å²) < 4.78 is 37.0. The molecular weight excluding hydrogens is 287 g/mol. The first-order valence-electron chi connectivity index (χ1n) is 5.93. The van der Waals surface area contributed by atoms with Crippen molar-refractivity contribution in [3.63, 3.8) is 0 Å². The molecule has 0 radical (unpaired) electrons. The average Bonchev–Trinajstić information content (AvgIpc) is 2.38. The monoisotopic (exact) mass is 301 g/mol. The third-order valence-electron chi connectivity index (χ3n) is 2.87. The molecule has 2 aromatic carbocycles. The van der Waals surface area contributed by atoms with E-state index in [1.807, 2.05) is 36.4 Å². The molecule has 0 aliphatic carbocycles. The Morgan fingerprint density at radius 1 is 0.900 bits per heavy atom. The first-order valence-corrected chi connectivity index (χ1v) is 5.93. The molecule has 2 rings (SSSR count). The van der Waals surface area contributed by atoms with Gasteiger partial charge in [0.15, 0.2) is 0 Å². The van der Waals surface area contributed by atoms with Crippen LogP contribution in [0, 0.1) is 0 Å². The second-order valence-corrected chi connectivity index (χ2v) is 4.42. The zero-order valence-electron chi connectivity index (χ0n) is 10.6. The summed E-state index contributed by atoms with van der Waals surface area (Å²) in [6.45, 7) is 0. The lowest BCUT2D eigenvalue weighted by Crippen LogP contribution is -2.20. The lowest BCUT2D eigenvalue weighted by Gasteiger charge is -2.15. The number of benzene rings is 2. The Morgan fingerprint density at radius 2 is 1.50 bits per heavy atom. The van der Waals surface area contributed by atoms with E-state index >= 15 is 0 Å². The van der Waals surface area contributed by atoms with Gasteiger partial charge in [0, 0.05) is 6.04 Å². The van der Waals surface area contributed by atoms with Crippen LogP contribution >= 0.6 is 12.4 Å². The van der Waals surface area contributed by atoms with Crippen molar-refractivity contribution < 1.29 is 13.2 Å². The molecule has 0 saturated carbocycles. The molecule has 0 aliphatic heterocycles. The Bertz CT molecular complexity index is 540. The molecular formula is C15H15ClF3N. The van der Waals surface area contributed by atoms with Gasteiger partial charge in [0.1, 0.15) is 0 Å². The van der Waals surface area contributed by atoms with Gasteiger partial charge in [-0.25, -0.2) is 0 Å². The predicted octanol–water partition coefficient (Wildman–Crippen LogP) is 4.73. The zero-order chi connectivity index (χ0) is 13.9. The second kappa shape index (κ2) is 6.77. The largest absolute Gasteiger partial charge is 0.390 e. The molecule has 0 heterocycles. The van der Waals surface area contributed by atoms with Gasteiger partial charge in [0.25, 0.3) is 0 Å². The summed E-state index contributed by atoms with van der Waals surface area (Å²) in [6.07, 6.45) is -5.26. The molecule has 0 amide bonds. The predicted molar refractivity (Wildman–Crippen MR) is 76.7 cm³/mol. The van der Waals surface area contributed by atoms with Crippen molar-refractivity contribution >= 4 is 12.4 Å². The van der Waals surface area contributed by atoms with E-state index in [9.17, 15) is 13.2 Å². The molecule has 0 saturated heterocycles. The van der Waals surface area contributed by atoms with Crippen LogP contribution < -0.4 is 5.73 Å². The lowest BCUT2D eigenvalue weighted by molar-refractivity contribution is -0.138. The van der Waals surface area contributed by atoms with Crippen LogP contribution in [0.1, 0.15) is 18.0 Å². The standard InChI is InChI=1S/C15H14F3N.ClH/c16-15(17,18)10-14(19)13-8-4-7-12(9-13)11-5-2-1-3-6-11;/h1-9,14H,10,19H2;1H/t14-;/m0./s1. The molecule has 20 heavy (non-hydrogen) atoms. The molecule has 1 nitrogen and oxygen atoms in total. The van der Waals surface area contributed by atoms with Crippen molar-refractivity contribution in [2.45, 2.75) is 18.6 Å². The fourth-order valence-corrected chi connectivity index (χ4v) is 1.95. The van der Waals surface area contributed by atoms with Crippen molar-refractivity contribution in [1.29, 1.82) is 0 Å². The molecule has 0 unspecified atom stereocenters. The highest BCUT2D eigenvalue weighted by atomic mass is 35.5. The van der Waals surface area contributed by atoms with Gasteiger partial charge in [-0.2, -0.15) is 13.2 Å². The van der Waals surface area contributed by atoms with E-state index in [-0.39, 0.29) is 12.4 Å². The minimum atomic E-state index is -4.25. The number of hydrogen-bond acceptors (Lipinski definition) is 1. The van der Waals surface area contributed by atoms with Gasteiger partial charge < -0.3 is 5.73 Å². The molecule has 0 aromatic heterocycles. The van der Waals surface area contributed by atoms with Crippen molar-refractivity contribution in [3.8, 4) is 11.1 Å². The molecule has 108 valence electrons. The fourth-order valence-electron chi connectivity index (χ4n) is 1.95. The summed E-state index contributed by atoms with van der Waals surface area (Å²) in [4.78, 5) is 0. The molecule has 0 spiro atoms. The maximum absolute atomic E-state index is 12.3. The molecule has 0 fully saturated rings. The van der Waals surface area contributed by atoms with Crippen molar-refractivity contribution in [2.24, 2.45) is 5.73 Å². The average molecular weight is 302 g/mol. The van der Waals surface area contributed by atoms with E-state index in [2.05, 4.69) is 0 Å². The van der Waals surface area contributed by atoms with Crippen LogP contribution in [0.15, 0.2) is 54.6 Å². The van der Waals surface area contributed by atoms with Crippen molar-refractivity contribution in [1.82, 2.24) is 0 Å². The van der Waals surface area contributed by atoms with E-state index in [4.69, 9.17) is 5.73 Å². The van der Waals surface area contributed by atoms with Crippen LogP contribution in [-0.2, 0) is 0 Å². The molecule has 2 aromatic rings. The van der Waals surface area contributed by atoms with Crippen molar-refractivity contribution in [2.75, 3.05) is 0 Å². The minimum Gasteiger partial charge on any atom is -0.324 e. The minimum absolute atomic E-state index is 0. The highest BCUT2D eigenvalue weighted by Gasteiger charge is 2.30. The van der Waals surface area contributed by atoms with Gasteiger partial charge >= 0.3 is 6.18 Å². The number of alkyl halides is 3. The van der Waals surface area contributed by atoms with Crippen LogP contribution in [0.5, 0.6) is 0 Å². The zero-order valence-corrected chi connectivity index (χ0v) is 11.4.